The van der Waals surface area contributed by atoms with Crippen LogP contribution < -0.4 is 10.1 Å². The van der Waals surface area contributed by atoms with Gasteiger partial charge in [0.1, 0.15) is 5.75 Å². The van der Waals surface area contributed by atoms with E-state index in [2.05, 4.69) is 81.7 Å². The van der Waals surface area contributed by atoms with Gasteiger partial charge in [0.15, 0.2) is 0 Å². The Labute approximate surface area is 319 Å². The molecule has 0 aliphatic carbocycles. The second-order valence-electron chi connectivity index (χ2n) is 13.4. The van der Waals surface area contributed by atoms with Crippen molar-refractivity contribution in [3.05, 3.63) is 139 Å². The number of benzene rings is 6. The van der Waals surface area contributed by atoms with Gasteiger partial charge < -0.3 is 14.8 Å². The van der Waals surface area contributed by atoms with Gasteiger partial charge in [0, 0.05) is 40.4 Å². The molecule has 6 rings (SSSR count). The lowest BCUT2D eigenvalue weighted by atomic mass is 10.1. The lowest BCUT2D eigenvalue weighted by Crippen LogP contribution is -1.97. The average Bonchev–Trinajstić information content (AvgIpc) is 3.22. The molecule has 0 unspecified atom stereocenters. The van der Waals surface area contributed by atoms with Crippen LogP contribution in [0.3, 0.4) is 0 Å². The van der Waals surface area contributed by atoms with Crippen LogP contribution in [0.15, 0.2) is 148 Å². The van der Waals surface area contributed by atoms with Crippen LogP contribution in [0.4, 0.5) is 28.4 Å². The van der Waals surface area contributed by atoms with E-state index in [0.29, 0.717) is 6.61 Å². The van der Waals surface area contributed by atoms with E-state index < -0.39 is 0 Å². The Morgan fingerprint density at radius 3 is 1.65 bits per heavy atom. The average molecular weight is 718 g/mol. The van der Waals surface area contributed by atoms with Crippen molar-refractivity contribution in [1.29, 1.82) is 0 Å². The Morgan fingerprint density at radius 1 is 0.537 bits per heavy atom. The third-order valence-corrected chi connectivity index (χ3v) is 9.46. The fraction of sp³-hybridized carbons (Fsp3) is 0.277. The highest BCUT2D eigenvalue weighted by Gasteiger charge is 2.08. The second-order valence-corrected chi connectivity index (χ2v) is 13.4. The molecule has 0 aliphatic rings. The molecule has 7 heteroatoms. The van der Waals surface area contributed by atoms with Crippen molar-refractivity contribution < 1.29 is 9.47 Å². The molecule has 1 N–H and O–H groups in total. The van der Waals surface area contributed by atoms with Crippen LogP contribution in [0.5, 0.6) is 5.75 Å². The van der Waals surface area contributed by atoms with E-state index >= 15 is 0 Å². The number of rotatable bonds is 21. The highest BCUT2D eigenvalue weighted by Crippen LogP contribution is 2.37. The Balaban J connectivity index is 0.904. The van der Waals surface area contributed by atoms with E-state index in [4.69, 9.17) is 9.47 Å². The van der Waals surface area contributed by atoms with Crippen molar-refractivity contribution >= 4 is 56.1 Å². The summed E-state index contributed by atoms with van der Waals surface area (Å²) in [6.07, 6.45) is 11.6. The number of nitrogens with one attached hydrogen (secondary N) is 1. The molecule has 0 heterocycles. The molecule has 0 radical (unpaired) electrons. The smallest absolute Gasteiger partial charge is 0.119 e. The van der Waals surface area contributed by atoms with E-state index in [0.717, 1.165) is 93.9 Å². The van der Waals surface area contributed by atoms with E-state index in [1.807, 2.05) is 84.9 Å². The van der Waals surface area contributed by atoms with Crippen molar-refractivity contribution in [2.24, 2.45) is 20.5 Å². The van der Waals surface area contributed by atoms with Crippen molar-refractivity contribution in [3.63, 3.8) is 0 Å². The molecular weight excluding hydrogens is 667 g/mol. The van der Waals surface area contributed by atoms with Gasteiger partial charge in [0.25, 0.3) is 0 Å². The number of unbranched alkanes of at least 4 members (excludes halogenated alkanes) is 7. The van der Waals surface area contributed by atoms with Crippen molar-refractivity contribution in [2.75, 3.05) is 25.1 Å². The highest BCUT2D eigenvalue weighted by molar-refractivity contribution is 6.01. The number of ether oxygens (including phenoxy) is 2. The fourth-order valence-electron chi connectivity index (χ4n) is 6.48. The molecule has 0 amide bonds. The number of anilines is 1. The summed E-state index contributed by atoms with van der Waals surface area (Å²) in [7, 11) is 0. The summed E-state index contributed by atoms with van der Waals surface area (Å²) >= 11 is 0. The van der Waals surface area contributed by atoms with E-state index in [-0.39, 0.29) is 0 Å². The van der Waals surface area contributed by atoms with Gasteiger partial charge in [-0.2, -0.15) is 5.11 Å². The quantitative estimate of drug-likeness (QED) is 0.0594. The molecular formula is C47H51N5O2. The van der Waals surface area contributed by atoms with Crippen LogP contribution in [0.1, 0.15) is 69.4 Å². The zero-order chi connectivity index (χ0) is 37.2. The van der Waals surface area contributed by atoms with Gasteiger partial charge in [-0.15, -0.1) is 15.3 Å². The van der Waals surface area contributed by atoms with Crippen LogP contribution in [-0.4, -0.2) is 19.8 Å². The lowest BCUT2D eigenvalue weighted by molar-refractivity contribution is 0.116. The minimum absolute atomic E-state index is 0.685. The normalized spacial score (nSPS) is 11.6. The van der Waals surface area contributed by atoms with Crippen LogP contribution in [0.25, 0.3) is 27.6 Å². The third-order valence-electron chi connectivity index (χ3n) is 9.46. The summed E-state index contributed by atoms with van der Waals surface area (Å²) in [5.41, 5.74) is 6.62. The number of hydrogen-bond donors (Lipinski definition) is 1. The molecule has 0 aromatic heterocycles. The number of fused-ring (bicyclic) bond motifs is 2. The SMILES string of the molecule is C=Cc1ccc(COCCCCCCCCCCOc2ccc(N=Nc3ccc(N=Nc4ccc(NCC)c5ccccc45)c4ccccc34)cc2)cc1. The minimum Gasteiger partial charge on any atom is -0.494 e. The maximum Gasteiger partial charge on any atom is 0.119 e. The first-order valence-electron chi connectivity index (χ1n) is 19.3. The Hall–Kier alpha value is -5.66. The molecule has 0 fully saturated rings. The Bertz CT molecular complexity index is 2140. The number of hydrogen-bond acceptors (Lipinski definition) is 7. The first kappa shape index (κ1) is 38.1. The molecule has 7 nitrogen and oxygen atoms in total. The molecule has 0 saturated heterocycles. The first-order chi connectivity index (χ1) is 26.7. The summed E-state index contributed by atoms with van der Waals surface area (Å²) in [6, 6.07) is 40.6. The molecule has 0 aliphatic heterocycles. The topological polar surface area (TPSA) is 79.9 Å². The highest BCUT2D eigenvalue weighted by atomic mass is 16.5. The number of nitrogens with zero attached hydrogens (tertiary/aromatic N) is 4. The second kappa shape index (κ2) is 20.5. The lowest BCUT2D eigenvalue weighted by Gasteiger charge is -2.09. The third kappa shape index (κ3) is 10.9. The van der Waals surface area contributed by atoms with Crippen LogP contribution in [-0.2, 0) is 11.3 Å². The van der Waals surface area contributed by atoms with Gasteiger partial charge in [-0.05, 0) is 79.4 Å². The van der Waals surface area contributed by atoms with E-state index in [1.54, 1.807) is 0 Å². The van der Waals surface area contributed by atoms with Gasteiger partial charge in [0.2, 0.25) is 0 Å². The maximum absolute atomic E-state index is 6.00. The fourth-order valence-corrected chi connectivity index (χ4v) is 6.48. The molecule has 6 aromatic carbocycles. The zero-order valence-corrected chi connectivity index (χ0v) is 31.4. The molecule has 0 saturated carbocycles. The summed E-state index contributed by atoms with van der Waals surface area (Å²) in [4.78, 5) is 0. The largest absolute Gasteiger partial charge is 0.494 e. The minimum atomic E-state index is 0.685. The van der Waals surface area contributed by atoms with Gasteiger partial charge in [0.05, 0.1) is 36.0 Å². The van der Waals surface area contributed by atoms with Crippen molar-refractivity contribution in [3.8, 4) is 5.75 Å². The summed E-state index contributed by atoms with van der Waals surface area (Å²) in [5, 5.41) is 26.1. The van der Waals surface area contributed by atoms with E-state index in [1.165, 1.54) is 44.1 Å². The predicted molar refractivity (Wildman–Crippen MR) is 225 cm³/mol. The monoisotopic (exact) mass is 717 g/mol. The van der Waals surface area contributed by atoms with Crippen molar-refractivity contribution in [2.45, 2.75) is 64.9 Å². The van der Waals surface area contributed by atoms with Crippen molar-refractivity contribution in [1.82, 2.24) is 0 Å². The predicted octanol–water partition coefficient (Wildman–Crippen LogP) is 14.6. The van der Waals surface area contributed by atoms with Gasteiger partial charge in [-0.1, -0.05) is 124 Å². The standard InChI is InChI=1S/C47H51N5O2/c1-3-36-21-23-37(24-22-36)35-53-33-15-9-7-5-6-8-10-16-34-54-39-27-25-38(26-28-39)49-50-45-31-32-47(43-20-14-13-19-42(43)45)52-51-46-30-29-44(48-4-2)40-17-11-12-18-41(40)46/h3,11-14,17-32,48H,1,4-10,15-16,33-35H2,2H3. The number of azo groups is 2. The Kier molecular flexibility index (Phi) is 14.5. The summed E-state index contributed by atoms with van der Waals surface area (Å²) < 4.78 is 11.8. The van der Waals surface area contributed by atoms with Gasteiger partial charge >= 0.3 is 0 Å². The summed E-state index contributed by atoms with van der Waals surface area (Å²) in [5.74, 6) is 0.856. The zero-order valence-electron chi connectivity index (χ0n) is 31.4. The van der Waals surface area contributed by atoms with E-state index in [9.17, 15) is 0 Å². The molecule has 6 aromatic rings. The van der Waals surface area contributed by atoms with Gasteiger partial charge in [-0.25, -0.2) is 0 Å². The molecule has 0 spiro atoms. The van der Waals surface area contributed by atoms with Crippen LogP contribution >= 0.6 is 0 Å². The first-order valence-corrected chi connectivity index (χ1v) is 19.3. The maximum atomic E-state index is 6.00. The molecule has 54 heavy (non-hydrogen) atoms. The van der Waals surface area contributed by atoms with Crippen LogP contribution in [0.2, 0.25) is 0 Å². The van der Waals surface area contributed by atoms with Gasteiger partial charge in [-0.3, -0.25) is 0 Å². The van der Waals surface area contributed by atoms with Crippen LogP contribution in [0, 0.1) is 0 Å². The summed E-state index contributed by atoms with van der Waals surface area (Å²) in [6.45, 7) is 8.99. The molecule has 0 bridgehead atoms. The molecule has 0 atom stereocenters. The Morgan fingerprint density at radius 2 is 1.06 bits per heavy atom. The molecule has 276 valence electrons.